The van der Waals surface area contributed by atoms with Gasteiger partial charge in [0, 0.05) is 44.3 Å². The van der Waals surface area contributed by atoms with Gasteiger partial charge in [-0.2, -0.15) is 10.4 Å². The normalized spacial score (nSPS) is 15.1. The molecule has 2 aromatic heterocycles. The number of nitrogens with one attached hydrogen (secondary N) is 1. The van der Waals surface area contributed by atoms with Crippen molar-refractivity contribution in [2.45, 2.75) is 45.1 Å². The van der Waals surface area contributed by atoms with E-state index in [1.165, 1.54) is 42.7 Å². The van der Waals surface area contributed by atoms with Crippen LogP contribution >= 0.6 is 11.3 Å². The largest absolute Gasteiger partial charge is 0.356 e. The standard InChI is InChI=1S/C19H28N6O3S/c1-5-15-12-21-19(29-15)22-18(26)16-10-14(25(27,28)23(2)3)11-20-17(16)24(4)13-8-6-7-9-13/h10-13,27-28H,5-9H2,1-4H3/p+1. The molecule has 1 aliphatic rings. The molecule has 0 saturated heterocycles. The zero-order chi connectivity index (χ0) is 21.2. The highest BCUT2D eigenvalue weighted by Crippen LogP contribution is 2.31. The van der Waals surface area contributed by atoms with Crippen LogP contribution in [0.2, 0.25) is 0 Å². The third-order valence-electron chi connectivity index (χ3n) is 5.33. The average molecular weight is 422 g/mol. The number of hydrogen-bond donors (Lipinski definition) is 3. The van der Waals surface area contributed by atoms with Crippen molar-refractivity contribution >= 4 is 33.9 Å². The van der Waals surface area contributed by atoms with Crippen molar-refractivity contribution in [3.63, 3.8) is 0 Å². The molecular formula is C19H29N6O3S+. The summed E-state index contributed by atoms with van der Waals surface area (Å²) in [6, 6.07) is 1.78. The molecule has 0 spiro atoms. The van der Waals surface area contributed by atoms with Crippen LogP contribution in [0.15, 0.2) is 18.5 Å². The summed E-state index contributed by atoms with van der Waals surface area (Å²) in [5.41, 5.74) is 0.342. The number of thiazole rings is 1. The number of carbonyl (C=O) groups excluding carboxylic acids is 1. The monoisotopic (exact) mass is 421 g/mol. The van der Waals surface area contributed by atoms with E-state index in [2.05, 4.69) is 15.3 Å². The molecule has 0 aromatic carbocycles. The first kappa shape index (κ1) is 21.6. The van der Waals surface area contributed by atoms with Crippen LogP contribution in [-0.4, -0.2) is 58.5 Å². The minimum Gasteiger partial charge on any atom is -0.356 e. The van der Waals surface area contributed by atoms with E-state index in [1.54, 1.807) is 6.20 Å². The average Bonchev–Trinajstić information content (AvgIpc) is 3.38. The molecule has 2 heterocycles. The Morgan fingerprint density at radius 2 is 1.93 bits per heavy atom. The van der Waals surface area contributed by atoms with Gasteiger partial charge in [-0.05, 0) is 19.3 Å². The first-order valence-electron chi connectivity index (χ1n) is 9.75. The molecule has 3 N–H and O–H groups in total. The molecule has 158 valence electrons. The van der Waals surface area contributed by atoms with Crippen LogP contribution < -0.4 is 15.1 Å². The van der Waals surface area contributed by atoms with Crippen LogP contribution in [0.3, 0.4) is 0 Å². The Morgan fingerprint density at radius 3 is 2.52 bits per heavy atom. The van der Waals surface area contributed by atoms with E-state index in [0.29, 0.717) is 17.0 Å². The highest BCUT2D eigenvalue weighted by atomic mass is 32.1. The predicted molar refractivity (Wildman–Crippen MR) is 113 cm³/mol. The Morgan fingerprint density at radius 1 is 1.24 bits per heavy atom. The number of aryl methyl sites for hydroxylation is 1. The summed E-state index contributed by atoms with van der Waals surface area (Å²) in [5, 5.41) is 25.2. The molecule has 0 atom stereocenters. The van der Waals surface area contributed by atoms with Gasteiger partial charge in [0.2, 0.25) is 5.69 Å². The van der Waals surface area contributed by atoms with Gasteiger partial charge in [0.1, 0.15) is 5.82 Å². The fourth-order valence-electron chi connectivity index (χ4n) is 3.45. The lowest BCUT2D eigenvalue weighted by atomic mass is 10.1. The minimum atomic E-state index is -1.50. The maximum absolute atomic E-state index is 13.1. The number of amides is 1. The lowest BCUT2D eigenvalue weighted by Gasteiger charge is -2.29. The molecule has 0 unspecified atom stereocenters. The van der Waals surface area contributed by atoms with Crippen LogP contribution in [0, 0.1) is 0 Å². The molecule has 1 saturated carbocycles. The molecule has 29 heavy (non-hydrogen) atoms. The van der Waals surface area contributed by atoms with Crippen LogP contribution in [0.1, 0.15) is 47.8 Å². The second-order valence-corrected chi connectivity index (χ2v) is 8.58. The molecule has 10 heteroatoms. The smallest absolute Gasteiger partial charge is 0.261 e. The van der Waals surface area contributed by atoms with E-state index in [1.807, 2.05) is 18.9 Å². The Bertz CT molecular complexity index is 863. The predicted octanol–water partition coefficient (Wildman–Crippen LogP) is 3.29. The number of aromatic nitrogens is 2. The van der Waals surface area contributed by atoms with Gasteiger partial charge in [0.15, 0.2) is 5.13 Å². The Balaban J connectivity index is 1.98. The number of pyridine rings is 1. The number of nitrogens with zero attached hydrogens (tertiary/aromatic N) is 5. The summed E-state index contributed by atoms with van der Waals surface area (Å²) in [4.78, 5) is 23.4. The highest BCUT2D eigenvalue weighted by Gasteiger charge is 2.34. The third kappa shape index (κ3) is 4.57. The number of quaternary nitrogens is 1. The van der Waals surface area contributed by atoms with Crippen molar-refractivity contribution in [1.29, 1.82) is 0 Å². The summed E-state index contributed by atoms with van der Waals surface area (Å²) in [5.74, 6) is 0.138. The van der Waals surface area contributed by atoms with Crippen LogP contribution in [0.25, 0.3) is 0 Å². The molecule has 0 aliphatic heterocycles. The zero-order valence-electron chi connectivity index (χ0n) is 17.3. The van der Waals surface area contributed by atoms with Gasteiger partial charge in [-0.3, -0.25) is 10.1 Å². The van der Waals surface area contributed by atoms with Gasteiger partial charge >= 0.3 is 0 Å². The first-order valence-corrected chi connectivity index (χ1v) is 10.6. The molecule has 2 aromatic rings. The van der Waals surface area contributed by atoms with Gasteiger partial charge in [0.05, 0.1) is 16.7 Å². The van der Waals surface area contributed by atoms with Gasteiger partial charge < -0.3 is 4.90 Å². The van der Waals surface area contributed by atoms with Gasteiger partial charge in [-0.1, -0.05) is 24.8 Å². The summed E-state index contributed by atoms with van der Waals surface area (Å²) in [6.45, 7) is 2.03. The van der Waals surface area contributed by atoms with Crippen molar-refractivity contribution < 1.29 is 15.2 Å². The quantitative estimate of drug-likeness (QED) is 0.466. The number of carbonyl (C=O) groups is 1. The van der Waals surface area contributed by atoms with Crippen molar-refractivity contribution in [2.24, 2.45) is 0 Å². The summed E-state index contributed by atoms with van der Waals surface area (Å²) in [6.07, 6.45) is 8.38. The fourth-order valence-corrected chi connectivity index (χ4v) is 4.19. The maximum atomic E-state index is 13.1. The third-order valence-corrected chi connectivity index (χ3v) is 6.39. The molecule has 0 bridgehead atoms. The number of rotatable bonds is 7. The second kappa shape index (κ2) is 8.72. The lowest BCUT2D eigenvalue weighted by molar-refractivity contribution is -0.388. The van der Waals surface area contributed by atoms with Gasteiger partial charge in [0.25, 0.3) is 5.91 Å². The Kier molecular flexibility index (Phi) is 6.49. The molecule has 9 nitrogen and oxygen atoms in total. The lowest BCUT2D eigenvalue weighted by Crippen LogP contribution is -2.53. The minimum absolute atomic E-state index is 0.0668. The first-order chi connectivity index (χ1) is 13.7. The Labute approximate surface area is 174 Å². The molecule has 1 amide bonds. The van der Waals surface area contributed by atoms with E-state index in [9.17, 15) is 15.2 Å². The summed E-state index contributed by atoms with van der Waals surface area (Å²) < 4.78 is 0. The molecule has 0 radical (unpaired) electrons. The van der Waals surface area contributed by atoms with Crippen LogP contribution in [0.5, 0.6) is 0 Å². The van der Waals surface area contributed by atoms with E-state index >= 15 is 0 Å². The van der Waals surface area contributed by atoms with Crippen molar-refractivity contribution in [3.8, 4) is 0 Å². The van der Waals surface area contributed by atoms with Crippen molar-refractivity contribution in [3.05, 3.63) is 28.9 Å². The molecule has 1 fully saturated rings. The number of hydrogen-bond acceptors (Lipinski definition) is 8. The van der Waals surface area contributed by atoms with E-state index in [4.69, 9.17) is 0 Å². The van der Waals surface area contributed by atoms with Crippen molar-refractivity contribution in [1.82, 2.24) is 19.9 Å². The molecule has 3 rings (SSSR count). The maximum Gasteiger partial charge on any atom is 0.261 e. The summed E-state index contributed by atoms with van der Waals surface area (Å²) in [7, 11) is 4.96. The number of anilines is 2. The summed E-state index contributed by atoms with van der Waals surface area (Å²) >= 11 is 1.42. The van der Waals surface area contributed by atoms with Gasteiger partial charge in [-0.25, -0.2) is 9.97 Å². The topological polar surface area (TPSA) is 102 Å². The SMILES string of the molecule is CCc1cnc(NC(=O)c2cc([N+](O)(O)N(C)C)cnc2N(C)C2CCCC2)s1. The van der Waals surface area contributed by atoms with E-state index < -0.39 is 4.92 Å². The molecular weight excluding hydrogens is 392 g/mol. The van der Waals surface area contributed by atoms with Crippen LogP contribution in [-0.2, 0) is 6.42 Å². The van der Waals surface area contributed by atoms with Crippen LogP contribution in [0.4, 0.5) is 16.6 Å². The second-order valence-electron chi connectivity index (χ2n) is 7.47. The zero-order valence-corrected chi connectivity index (χ0v) is 18.1. The van der Waals surface area contributed by atoms with Crippen molar-refractivity contribution in [2.75, 3.05) is 31.4 Å². The highest BCUT2D eigenvalue weighted by molar-refractivity contribution is 7.15. The Hall–Kier alpha value is -2.11. The van der Waals surface area contributed by atoms with E-state index in [-0.39, 0.29) is 17.2 Å². The fraction of sp³-hybridized carbons (Fsp3) is 0.526. The van der Waals surface area contributed by atoms with E-state index in [0.717, 1.165) is 37.0 Å². The van der Waals surface area contributed by atoms with Gasteiger partial charge in [-0.15, -0.1) is 11.3 Å². The molecule has 1 aliphatic carbocycles.